The van der Waals surface area contributed by atoms with E-state index in [1.165, 1.54) is 0 Å². The van der Waals surface area contributed by atoms with Crippen LogP contribution in [-0.4, -0.2) is 19.0 Å². The zero-order chi connectivity index (χ0) is 16.1. The number of hydrogen-bond donors (Lipinski definition) is 1. The van der Waals surface area contributed by atoms with Crippen LogP contribution in [0.4, 0.5) is 5.69 Å². The molecule has 2 saturated carbocycles. The van der Waals surface area contributed by atoms with Crippen molar-refractivity contribution in [2.24, 2.45) is 35.5 Å². The van der Waals surface area contributed by atoms with E-state index in [-0.39, 0.29) is 17.7 Å². The standard InChI is InChI=1S/C18H19NO4/c1-23-10-4-2-9(3-5-10)19-17(20)15-11-6-7-12(14-8-13(11)14)16(15)18(21)22/h2-7,11-16H,8H2,1H3,(H,19,20)(H,21,22)/p-1/t11-,12+,13+,14-,15+,16+/m1/s1. The van der Waals surface area contributed by atoms with Crippen LogP contribution >= 0.6 is 0 Å². The molecular formula is C18H18NO4-. The largest absolute Gasteiger partial charge is 0.550 e. The number of allylic oxidation sites excluding steroid dienone is 2. The highest BCUT2D eigenvalue weighted by molar-refractivity contribution is 5.96. The Hall–Kier alpha value is -2.30. The molecule has 5 nitrogen and oxygen atoms in total. The highest BCUT2D eigenvalue weighted by Crippen LogP contribution is 2.63. The molecule has 0 aromatic heterocycles. The SMILES string of the molecule is COc1ccc(NC(=O)[C@H]2[C@@H]3C=C[C@@H]([C@H]4C[C@@H]34)[C@@H]2C(=O)[O-])cc1. The predicted molar refractivity (Wildman–Crippen MR) is 81.3 cm³/mol. The van der Waals surface area contributed by atoms with Crippen LogP contribution < -0.4 is 15.2 Å². The molecule has 1 aromatic rings. The molecule has 5 rings (SSSR count). The quantitative estimate of drug-likeness (QED) is 0.844. The van der Waals surface area contributed by atoms with Crippen LogP contribution in [0.2, 0.25) is 0 Å². The first-order valence-electron chi connectivity index (χ1n) is 7.94. The molecule has 5 heteroatoms. The number of anilines is 1. The van der Waals surface area contributed by atoms with Gasteiger partial charge in [-0.25, -0.2) is 0 Å². The summed E-state index contributed by atoms with van der Waals surface area (Å²) in [6.45, 7) is 0. The Morgan fingerprint density at radius 2 is 1.70 bits per heavy atom. The molecule has 0 saturated heterocycles. The average Bonchev–Trinajstić information content (AvgIpc) is 3.37. The fraction of sp³-hybridized carbons (Fsp3) is 0.444. The zero-order valence-corrected chi connectivity index (χ0v) is 12.8. The Morgan fingerprint density at radius 3 is 2.26 bits per heavy atom. The maximum Gasteiger partial charge on any atom is 0.228 e. The number of nitrogens with one attached hydrogen (secondary N) is 1. The summed E-state index contributed by atoms with van der Waals surface area (Å²) in [7, 11) is 1.58. The van der Waals surface area contributed by atoms with Crippen LogP contribution in [-0.2, 0) is 9.59 Å². The number of ether oxygens (including phenoxy) is 1. The Kier molecular flexibility index (Phi) is 3.18. The van der Waals surface area contributed by atoms with Gasteiger partial charge in [0, 0.05) is 17.6 Å². The molecule has 1 amide bonds. The van der Waals surface area contributed by atoms with E-state index in [4.69, 9.17) is 4.74 Å². The van der Waals surface area contributed by atoms with Gasteiger partial charge in [-0.15, -0.1) is 0 Å². The van der Waals surface area contributed by atoms with Crippen molar-refractivity contribution in [2.45, 2.75) is 6.42 Å². The maximum absolute atomic E-state index is 12.7. The van der Waals surface area contributed by atoms with Gasteiger partial charge in [-0.1, -0.05) is 12.2 Å². The molecule has 4 aliphatic carbocycles. The molecule has 2 bridgehead atoms. The minimum Gasteiger partial charge on any atom is -0.550 e. The highest BCUT2D eigenvalue weighted by atomic mass is 16.5. The van der Waals surface area contributed by atoms with Crippen LogP contribution in [0.25, 0.3) is 0 Å². The molecule has 23 heavy (non-hydrogen) atoms. The number of carboxylic acids is 1. The minimum absolute atomic E-state index is 0.0196. The third-order valence-corrected chi connectivity index (χ3v) is 5.58. The summed E-state index contributed by atoms with van der Waals surface area (Å²) in [6, 6.07) is 7.02. The second kappa shape index (κ2) is 5.11. The summed E-state index contributed by atoms with van der Waals surface area (Å²) in [4.78, 5) is 24.3. The summed E-state index contributed by atoms with van der Waals surface area (Å²) in [5.74, 6) is -1.03. The van der Waals surface area contributed by atoms with Crippen molar-refractivity contribution < 1.29 is 19.4 Å². The van der Waals surface area contributed by atoms with Gasteiger partial charge in [-0.2, -0.15) is 0 Å². The van der Waals surface area contributed by atoms with Crippen LogP contribution in [0.15, 0.2) is 36.4 Å². The van der Waals surface area contributed by atoms with Crippen LogP contribution in [0.1, 0.15) is 6.42 Å². The molecular weight excluding hydrogens is 294 g/mol. The first-order chi connectivity index (χ1) is 11.1. The topological polar surface area (TPSA) is 78.5 Å². The van der Waals surface area contributed by atoms with Crippen molar-refractivity contribution in [3.05, 3.63) is 36.4 Å². The lowest BCUT2D eigenvalue weighted by atomic mass is 9.62. The normalized spacial score (nSPS) is 36.2. The molecule has 0 heterocycles. The summed E-state index contributed by atoms with van der Waals surface area (Å²) >= 11 is 0. The molecule has 0 spiro atoms. The number of carbonyl (C=O) groups is 2. The van der Waals surface area contributed by atoms with E-state index < -0.39 is 17.8 Å². The smallest absolute Gasteiger partial charge is 0.228 e. The van der Waals surface area contributed by atoms with Crippen molar-refractivity contribution in [3.63, 3.8) is 0 Å². The van der Waals surface area contributed by atoms with Gasteiger partial charge >= 0.3 is 0 Å². The Balaban J connectivity index is 1.56. The van der Waals surface area contributed by atoms with Gasteiger partial charge < -0.3 is 20.0 Å². The number of amides is 1. The van der Waals surface area contributed by atoms with E-state index in [1.54, 1.807) is 31.4 Å². The molecule has 1 aromatic carbocycles. The summed E-state index contributed by atoms with van der Waals surface area (Å²) in [5, 5.41) is 14.5. The lowest BCUT2D eigenvalue weighted by molar-refractivity contribution is -0.316. The number of hydrogen-bond acceptors (Lipinski definition) is 4. The Labute approximate surface area is 134 Å². The third-order valence-electron chi connectivity index (χ3n) is 5.58. The average molecular weight is 312 g/mol. The van der Waals surface area contributed by atoms with Gasteiger partial charge in [0.1, 0.15) is 5.75 Å². The number of carboxylic acid groups (broad SMARTS) is 1. The lowest BCUT2D eigenvalue weighted by Crippen LogP contribution is -2.52. The number of rotatable bonds is 4. The van der Waals surface area contributed by atoms with Gasteiger partial charge in [-0.05, 0) is 54.4 Å². The monoisotopic (exact) mass is 312 g/mol. The summed E-state index contributed by atoms with van der Waals surface area (Å²) in [6.07, 6.45) is 5.05. The first-order valence-corrected chi connectivity index (χ1v) is 7.94. The molecule has 120 valence electrons. The van der Waals surface area contributed by atoms with Crippen molar-refractivity contribution in [1.29, 1.82) is 0 Å². The molecule has 4 aliphatic rings. The predicted octanol–water partition coefficient (Wildman–Crippen LogP) is 1.07. The van der Waals surface area contributed by atoms with Gasteiger partial charge in [-0.3, -0.25) is 4.79 Å². The highest BCUT2D eigenvalue weighted by Gasteiger charge is 2.61. The van der Waals surface area contributed by atoms with Crippen molar-refractivity contribution in [3.8, 4) is 5.75 Å². The number of fused-ring (bicyclic) bond motifs is 1. The molecule has 2 fully saturated rings. The summed E-state index contributed by atoms with van der Waals surface area (Å²) < 4.78 is 5.09. The van der Waals surface area contributed by atoms with Crippen molar-refractivity contribution >= 4 is 17.6 Å². The van der Waals surface area contributed by atoms with E-state index in [0.717, 1.165) is 6.42 Å². The number of benzene rings is 1. The second-order valence-corrected chi connectivity index (χ2v) is 6.69. The third kappa shape index (κ3) is 2.22. The second-order valence-electron chi connectivity index (χ2n) is 6.69. The molecule has 0 aliphatic heterocycles. The molecule has 0 radical (unpaired) electrons. The van der Waals surface area contributed by atoms with Gasteiger partial charge in [0.25, 0.3) is 0 Å². The van der Waals surface area contributed by atoms with E-state index >= 15 is 0 Å². The zero-order valence-electron chi connectivity index (χ0n) is 12.8. The van der Waals surface area contributed by atoms with Crippen molar-refractivity contribution in [2.75, 3.05) is 12.4 Å². The number of aliphatic carboxylic acids is 1. The van der Waals surface area contributed by atoms with E-state index in [2.05, 4.69) is 5.32 Å². The molecule has 0 unspecified atom stereocenters. The van der Waals surface area contributed by atoms with E-state index in [9.17, 15) is 14.7 Å². The van der Waals surface area contributed by atoms with E-state index in [1.807, 2.05) is 12.2 Å². The number of methoxy groups -OCH3 is 1. The Morgan fingerprint density at radius 1 is 1.09 bits per heavy atom. The lowest BCUT2D eigenvalue weighted by Gasteiger charge is -2.44. The van der Waals surface area contributed by atoms with Gasteiger partial charge in [0.15, 0.2) is 0 Å². The maximum atomic E-state index is 12.7. The fourth-order valence-corrected chi connectivity index (χ4v) is 4.46. The Bertz CT molecular complexity index is 681. The van der Waals surface area contributed by atoms with Crippen LogP contribution in [0, 0.1) is 35.5 Å². The minimum atomic E-state index is -1.11. The van der Waals surface area contributed by atoms with Crippen LogP contribution in [0.3, 0.4) is 0 Å². The fourth-order valence-electron chi connectivity index (χ4n) is 4.46. The molecule has 1 N–H and O–H groups in total. The van der Waals surface area contributed by atoms with Gasteiger partial charge in [0.05, 0.1) is 13.0 Å². The van der Waals surface area contributed by atoms with Crippen molar-refractivity contribution in [1.82, 2.24) is 0 Å². The van der Waals surface area contributed by atoms with E-state index in [0.29, 0.717) is 23.3 Å². The first kappa shape index (κ1) is 14.3. The summed E-state index contributed by atoms with van der Waals surface area (Å²) in [5.41, 5.74) is 0.644. The number of carbonyl (C=O) groups excluding carboxylic acids is 2. The molecule has 6 atom stereocenters. The van der Waals surface area contributed by atoms with Crippen LogP contribution in [0.5, 0.6) is 5.75 Å². The van der Waals surface area contributed by atoms with Gasteiger partial charge in [0.2, 0.25) is 5.91 Å².